The smallest absolute Gasteiger partial charge is 0.221 e. The van der Waals surface area contributed by atoms with Crippen LogP contribution in [0.5, 0.6) is 5.75 Å². The van der Waals surface area contributed by atoms with Crippen LogP contribution < -0.4 is 10.5 Å². The molecule has 0 fully saturated rings. The molecule has 0 aromatic heterocycles. The summed E-state index contributed by atoms with van der Waals surface area (Å²) in [5.41, 5.74) is 7.07. The molecule has 1 aromatic carbocycles. The van der Waals surface area contributed by atoms with E-state index in [1.165, 1.54) is 0 Å². The number of amides is 1. The van der Waals surface area contributed by atoms with Crippen molar-refractivity contribution >= 4 is 5.91 Å². The SMILES string of the molecule is COc1ccc(CC(N)=O)c(C)c1. The van der Waals surface area contributed by atoms with Crippen molar-refractivity contribution in [3.63, 3.8) is 0 Å². The summed E-state index contributed by atoms with van der Waals surface area (Å²) in [6.45, 7) is 1.93. The van der Waals surface area contributed by atoms with Crippen molar-refractivity contribution in [2.75, 3.05) is 7.11 Å². The van der Waals surface area contributed by atoms with Gasteiger partial charge in [0.15, 0.2) is 0 Å². The van der Waals surface area contributed by atoms with Gasteiger partial charge in [0.2, 0.25) is 5.91 Å². The minimum atomic E-state index is -0.312. The molecule has 13 heavy (non-hydrogen) atoms. The molecule has 0 saturated carbocycles. The number of ether oxygens (including phenoxy) is 1. The first-order valence-corrected chi connectivity index (χ1v) is 4.05. The number of hydrogen-bond acceptors (Lipinski definition) is 2. The Morgan fingerprint density at radius 1 is 1.54 bits per heavy atom. The molecule has 0 unspecified atom stereocenters. The van der Waals surface area contributed by atoms with Crippen molar-refractivity contribution in [2.24, 2.45) is 5.73 Å². The molecule has 70 valence electrons. The number of aryl methyl sites for hydroxylation is 1. The lowest BCUT2D eigenvalue weighted by Crippen LogP contribution is -2.14. The molecule has 0 radical (unpaired) electrons. The number of benzene rings is 1. The average molecular weight is 179 g/mol. The standard InChI is InChI=1S/C10H13NO2/c1-7-5-9(13-2)4-3-8(7)6-10(11)12/h3-5H,6H2,1-2H3,(H2,11,12). The number of primary amides is 1. The predicted octanol–water partition coefficient (Wildman–Crippen LogP) is 1.03. The van der Waals surface area contributed by atoms with E-state index >= 15 is 0 Å². The number of carbonyl (C=O) groups is 1. The molecule has 1 amide bonds. The van der Waals surface area contributed by atoms with Crippen molar-refractivity contribution in [2.45, 2.75) is 13.3 Å². The van der Waals surface area contributed by atoms with Crippen LogP contribution in [-0.4, -0.2) is 13.0 Å². The maximum absolute atomic E-state index is 10.7. The molecule has 0 aliphatic carbocycles. The van der Waals surface area contributed by atoms with Gasteiger partial charge in [-0.1, -0.05) is 6.07 Å². The highest BCUT2D eigenvalue weighted by Crippen LogP contribution is 2.16. The zero-order valence-electron chi connectivity index (χ0n) is 7.83. The first kappa shape index (κ1) is 9.58. The van der Waals surface area contributed by atoms with Gasteiger partial charge >= 0.3 is 0 Å². The van der Waals surface area contributed by atoms with E-state index in [0.717, 1.165) is 16.9 Å². The average Bonchev–Trinajstić information content (AvgIpc) is 2.08. The van der Waals surface area contributed by atoms with Gasteiger partial charge in [-0.25, -0.2) is 0 Å². The van der Waals surface area contributed by atoms with E-state index in [-0.39, 0.29) is 12.3 Å². The largest absolute Gasteiger partial charge is 0.497 e. The maximum Gasteiger partial charge on any atom is 0.221 e. The van der Waals surface area contributed by atoms with Gasteiger partial charge in [0.05, 0.1) is 13.5 Å². The summed E-state index contributed by atoms with van der Waals surface area (Å²) < 4.78 is 5.04. The molecule has 3 heteroatoms. The predicted molar refractivity (Wildman–Crippen MR) is 50.6 cm³/mol. The van der Waals surface area contributed by atoms with E-state index in [0.29, 0.717) is 0 Å². The van der Waals surface area contributed by atoms with Crippen LogP contribution in [0.4, 0.5) is 0 Å². The Bertz CT molecular complexity index is 321. The molecular weight excluding hydrogens is 166 g/mol. The molecule has 3 nitrogen and oxygen atoms in total. The van der Waals surface area contributed by atoms with Gasteiger partial charge in [0.25, 0.3) is 0 Å². The van der Waals surface area contributed by atoms with Gasteiger partial charge < -0.3 is 10.5 Å². The Balaban J connectivity index is 2.91. The third-order valence-corrected chi connectivity index (χ3v) is 1.91. The lowest BCUT2D eigenvalue weighted by molar-refractivity contribution is -0.117. The molecule has 0 saturated heterocycles. The van der Waals surface area contributed by atoms with Crippen molar-refractivity contribution in [1.82, 2.24) is 0 Å². The second-order valence-corrected chi connectivity index (χ2v) is 2.94. The summed E-state index contributed by atoms with van der Waals surface area (Å²) in [6, 6.07) is 5.57. The normalized spacial score (nSPS) is 9.69. The summed E-state index contributed by atoms with van der Waals surface area (Å²) in [5, 5.41) is 0. The monoisotopic (exact) mass is 179 g/mol. The van der Waals surface area contributed by atoms with Crippen LogP contribution in [-0.2, 0) is 11.2 Å². The number of carbonyl (C=O) groups excluding carboxylic acids is 1. The molecular formula is C10H13NO2. The van der Waals surface area contributed by atoms with Crippen LogP contribution in [0.1, 0.15) is 11.1 Å². The molecule has 0 aliphatic rings. The van der Waals surface area contributed by atoms with Gasteiger partial charge in [0, 0.05) is 0 Å². The van der Waals surface area contributed by atoms with E-state index < -0.39 is 0 Å². The number of nitrogens with two attached hydrogens (primary N) is 1. The molecule has 0 heterocycles. The van der Waals surface area contributed by atoms with Crippen LogP contribution in [0, 0.1) is 6.92 Å². The summed E-state index contributed by atoms with van der Waals surface area (Å²) in [4.78, 5) is 10.7. The van der Waals surface area contributed by atoms with E-state index in [2.05, 4.69) is 0 Å². The fraction of sp³-hybridized carbons (Fsp3) is 0.300. The Hall–Kier alpha value is -1.51. The second-order valence-electron chi connectivity index (χ2n) is 2.94. The highest BCUT2D eigenvalue weighted by atomic mass is 16.5. The minimum Gasteiger partial charge on any atom is -0.497 e. The third-order valence-electron chi connectivity index (χ3n) is 1.91. The van der Waals surface area contributed by atoms with E-state index in [1.807, 2.05) is 25.1 Å². The second kappa shape index (κ2) is 3.94. The minimum absolute atomic E-state index is 0.288. The summed E-state index contributed by atoms with van der Waals surface area (Å²) in [5.74, 6) is 0.485. The van der Waals surface area contributed by atoms with Gasteiger partial charge in [-0.3, -0.25) is 4.79 Å². The Labute approximate surface area is 77.5 Å². The van der Waals surface area contributed by atoms with Crippen LogP contribution in [0.2, 0.25) is 0 Å². The van der Waals surface area contributed by atoms with Crippen LogP contribution in [0.3, 0.4) is 0 Å². The molecule has 0 spiro atoms. The Morgan fingerprint density at radius 3 is 2.69 bits per heavy atom. The van der Waals surface area contributed by atoms with Gasteiger partial charge in [0.1, 0.15) is 5.75 Å². The Morgan fingerprint density at radius 2 is 2.23 bits per heavy atom. The summed E-state index contributed by atoms with van der Waals surface area (Å²) in [6.07, 6.45) is 0.288. The Kier molecular flexibility index (Phi) is 2.90. The van der Waals surface area contributed by atoms with E-state index in [9.17, 15) is 4.79 Å². The topological polar surface area (TPSA) is 52.3 Å². The van der Waals surface area contributed by atoms with E-state index in [4.69, 9.17) is 10.5 Å². The molecule has 2 N–H and O–H groups in total. The summed E-state index contributed by atoms with van der Waals surface area (Å²) in [7, 11) is 1.61. The van der Waals surface area contributed by atoms with Crippen molar-refractivity contribution in [3.8, 4) is 5.75 Å². The van der Waals surface area contributed by atoms with Crippen molar-refractivity contribution in [3.05, 3.63) is 29.3 Å². The van der Waals surface area contributed by atoms with Crippen molar-refractivity contribution in [1.29, 1.82) is 0 Å². The van der Waals surface area contributed by atoms with Crippen molar-refractivity contribution < 1.29 is 9.53 Å². The zero-order valence-corrected chi connectivity index (χ0v) is 7.83. The fourth-order valence-corrected chi connectivity index (χ4v) is 1.18. The highest BCUT2D eigenvalue weighted by molar-refractivity contribution is 5.77. The zero-order chi connectivity index (χ0) is 9.84. The van der Waals surface area contributed by atoms with Gasteiger partial charge in [-0.2, -0.15) is 0 Å². The van der Waals surface area contributed by atoms with Crippen LogP contribution in [0.25, 0.3) is 0 Å². The molecule has 1 aromatic rings. The maximum atomic E-state index is 10.7. The number of rotatable bonds is 3. The first-order chi connectivity index (χ1) is 6.13. The molecule has 0 atom stereocenters. The van der Waals surface area contributed by atoms with Crippen LogP contribution >= 0.6 is 0 Å². The number of hydrogen-bond donors (Lipinski definition) is 1. The third kappa shape index (κ3) is 2.47. The van der Waals surface area contributed by atoms with Gasteiger partial charge in [-0.15, -0.1) is 0 Å². The van der Waals surface area contributed by atoms with E-state index in [1.54, 1.807) is 7.11 Å². The molecule has 1 rings (SSSR count). The molecule has 0 bridgehead atoms. The summed E-state index contributed by atoms with van der Waals surface area (Å²) >= 11 is 0. The van der Waals surface area contributed by atoms with Gasteiger partial charge in [-0.05, 0) is 30.2 Å². The molecule has 0 aliphatic heterocycles. The first-order valence-electron chi connectivity index (χ1n) is 4.05. The quantitative estimate of drug-likeness (QED) is 0.753. The highest BCUT2D eigenvalue weighted by Gasteiger charge is 2.02. The van der Waals surface area contributed by atoms with Crippen LogP contribution in [0.15, 0.2) is 18.2 Å². The lowest BCUT2D eigenvalue weighted by Gasteiger charge is -2.05. The fourth-order valence-electron chi connectivity index (χ4n) is 1.18. The number of methoxy groups -OCH3 is 1. The lowest BCUT2D eigenvalue weighted by atomic mass is 10.1.